The molecule has 9 heteroatoms. The monoisotopic (exact) mass is 419 g/mol. The minimum Gasteiger partial charge on any atom is -0.360 e. The van der Waals surface area contributed by atoms with Gasteiger partial charge in [-0.3, -0.25) is 9.69 Å². The molecule has 0 aliphatic rings. The Bertz CT molecular complexity index is 878. The van der Waals surface area contributed by atoms with Gasteiger partial charge in [-0.25, -0.2) is 4.98 Å². The van der Waals surface area contributed by atoms with Gasteiger partial charge in [0.15, 0.2) is 9.47 Å². The first-order chi connectivity index (χ1) is 13.0. The highest BCUT2D eigenvalue weighted by Crippen LogP contribution is 2.32. The molecule has 2 heterocycles. The number of aromatic nitrogens is 3. The zero-order chi connectivity index (χ0) is 19.2. The van der Waals surface area contributed by atoms with Crippen LogP contribution in [0.1, 0.15) is 26.5 Å². The van der Waals surface area contributed by atoms with Gasteiger partial charge in [0.2, 0.25) is 11.0 Å². The predicted molar refractivity (Wildman–Crippen MR) is 114 cm³/mol. The Morgan fingerprint density at radius 3 is 2.74 bits per heavy atom. The fourth-order valence-electron chi connectivity index (χ4n) is 2.24. The lowest BCUT2D eigenvalue weighted by molar-refractivity contribution is -0.115. The molecule has 3 rings (SSSR count). The fourth-order valence-corrected chi connectivity index (χ4v) is 4.88. The van der Waals surface area contributed by atoms with Gasteiger partial charge in [-0.15, -0.1) is 21.5 Å². The third-order valence-corrected chi connectivity index (χ3v) is 6.39. The average molecular weight is 420 g/mol. The van der Waals surface area contributed by atoms with Gasteiger partial charge in [-0.1, -0.05) is 55.1 Å². The first-order valence-corrected chi connectivity index (χ1v) is 11.2. The Hall–Kier alpha value is -1.97. The third kappa shape index (κ3) is 5.50. The second-order valence-electron chi connectivity index (χ2n) is 6.25. The van der Waals surface area contributed by atoms with Crippen molar-refractivity contribution in [2.24, 2.45) is 5.92 Å². The maximum absolute atomic E-state index is 12.1. The molecule has 0 saturated heterocycles. The number of thioether (sulfide) groups is 1. The molecule has 0 bridgehead atoms. The SMILES string of the molecule is CC(=O)N(c1ccccc1)c1nc(CSc2nnc(NCC(C)C)s2)cs1. The molecule has 27 heavy (non-hydrogen) atoms. The maximum Gasteiger partial charge on any atom is 0.230 e. The molecule has 0 aliphatic heterocycles. The quantitative estimate of drug-likeness (QED) is 0.516. The molecule has 6 nitrogen and oxygen atoms in total. The molecule has 0 unspecified atom stereocenters. The van der Waals surface area contributed by atoms with Crippen LogP contribution in [-0.2, 0) is 10.5 Å². The molecule has 0 fully saturated rings. The Kier molecular flexibility index (Phi) is 6.81. The van der Waals surface area contributed by atoms with Gasteiger partial charge in [-0.05, 0) is 18.1 Å². The number of anilines is 3. The Balaban J connectivity index is 1.63. The summed E-state index contributed by atoms with van der Waals surface area (Å²) < 4.78 is 0.905. The highest BCUT2D eigenvalue weighted by molar-refractivity contribution is 8.00. The van der Waals surface area contributed by atoms with Gasteiger partial charge in [0, 0.05) is 24.6 Å². The smallest absolute Gasteiger partial charge is 0.230 e. The first-order valence-electron chi connectivity index (χ1n) is 8.53. The number of nitrogens with one attached hydrogen (secondary N) is 1. The van der Waals surface area contributed by atoms with E-state index in [0.29, 0.717) is 16.8 Å². The van der Waals surface area contributed by atoms with Crippen LogP contribution in [0.25, 0.3) is 0 Å². The van der Waals surface area contributed by atoms with E-state index in [1.807, 2.05) is 35.7 Å². The summed E-state index contributed by atoms with van der Waals surface area (Å²) in [5, 5.41) is 15.2. The van der Waals surface area contributed by atoms with Crippen LogP contribution in [0.2, 0.25) is 0 Å². The van der Waals surface area contributed by atoms with Crippen molar-refractivity contribution >= 4 is 56.3 Å². The number of hydrogen-bond donors (Lipinski definition) is 1. The molecule has 2 aromatic heterocycles. The van der Waals surface area contributed by atoms with Gasteiger partial charge in [-0.2, -0.15) is 0 Å². The lowest BCUT2D eigenvalue weighted by Gasteiger charge is -2.17. The summed E-state index contributed by atoms with van der Waals surface area (Å²) in [6, 6.07) is 9.57. The highest BCUT2D eigenvalue weighted by atomic mass is 32.2. The summed E-state index contributed by atoms with van der Waals surface area (Å²) in [4.78, 5) is 18.4. The van der Waals surface area contributed by atoms with Crippen LogP contribution >= 0.6 is 34.4 Å². The van der Waals surface area contributed by atoms with Crippen LogP contribution in [-0.4, -0.2) is 27.6 Å². The largest absolute Gasteiger partial charge is 0.360 e. The number of para-hydroxylation sites is 1. The summed E-state index contributed by atoms with van der Waals surface area (Å²) in [7, 11) is 0. The van der Waals surface area contributed by atoms with E-state index in [1.54, 1.807) is 34.9 Å². The summed E-state index contributed by atoms with van der Waals surface area (Å²) >= 11 is 4.62. The number of carbonyl (C=O) groups is 1. The van der Waals surface area contributed by atoms with E-state index < -0.39 is 0 Å². The van der Waals surface area contributed by atoms with E-state index in [0.717, 1.165) is 27.4 Å². The predicted octanol–water partition coefficient (Wildman–Crippen LogP) is 5.04. The number of nitrogens with zero attached hydrogens (tertiary/aromatic N) is 4. The van der Waals surface area contributed by atoms with Crippen molar-refractivity contribution in [3.8, 4) is 0 Å². The molecule has 1 amide bonds. The average Bonchev–Trinajstić information content (AvgIpc) is 3.28. The van der Waals surface area contributed by atoms with E-state index in [9.17, 15) is 4.79 Å². The van der Waals surface area contributed by atoms with Crippen LogP contribution < -0.4 is 10.2 Å². The number of amides is 1. The molecule has 3 aromatic rings. The lowest BCUT2D eigenvalue weighted by Crippen LogP contribution is -2.22. The second kappa shape index (κ2) is 9.29. The Labute approximate surface area is 171 Å². The molecule has 0 radical (unpaired) electrons. The summed E-state index contributed by atoms with van der Waals surface area (Å²) in [6.45, 7) is 6.75. The van der Waals surface area contributed by atoms with E-state index in [2.05, 4.69) is 34.3 Å². The van der Waals surface area contributed by atoms with Gasteiger partial charge >= 0.3 is 0 Å². The summed E-state index contributed by atoms with van der Waals surface area (Å²) in [6.07, 6.45) is 0. The number of rotatable bonds is 8. The van der Waals surface area contributed by atoms with Crippen molar-refractivity contribution in [2.75, 3.05) is 16.8 Å². The minimum atomic E-state index is -0.0558. The molecule has 0 saturated carbocycles. The highest BCUT2D eigenvalue weighted by Gasteiger charge is 2.18. The van der Waals surface area contributed by atoms with E-state index in [1.165, 1.54) is 11.3 Å². The number of thiazole rings is 1. The Morgan fingerprint density at radius 1 is 1.26 bits per heavy atom. The second-order valence-corrected chi connectivity index (χ2v) is 9.28. The van der Waals surface area contributed by atoms with Crippen LogP contribution in [0.5, 0.6) is 0 Å². The van der Waals surface area contributed by atoms with Crippen molar-refractivity contribution in [1.29, 1.82) is 0 Å². The molecule has 1 N–H and O–H groups in total. The van der Waals surface area contributed by atoms with Crippen LogP contribution in [0.15, 0.2) is 40.1 Å². The van der Waals surface area contributed by atoms with Crippen LogP contribution in [0.3, 0.4) is 0 Å². The van der Waals surface area contributed by atoms with Crippen molar-refractivity contribution < 1.29 is 4.79 Å². The maximum atomic E-state index is 12.1. The van der Waals surface area contributed by atoms with Crippen molar-refractivity contribution in [1.82, 2.24) is 15.2 Å². The van der Waals surface area contributed by atoms with Crippen LogP contribution in [0, 0.1) is 5.92 Å². The zero-order valence-electron chi connectivity index (χ0n) is 15.4. The summed E-state index contributed by atoms with van der Waals surface area (Å²) in [5.41, 5.74) is 1.75. The van der Waals surface area contributed by atoms with Gasteiger partial charge in [0.1, 0.15) is 0 Å². The number of carbonyl (C=O) groups excluding carboxylic acids is 1. The molecule has 1 aromatic carbocycles. The molecule has 0 aliphatic carbocycles. The molecule has 0 atom stereocenters. The van der Waals surface area contributed by atoms with E-state index >= 15 is 0 Å². The fraction of sp³-hybridized carbons (Fsp3) is 0.333. The third-order valence-electron chi connectivity index (χ3n) is 3.47. The number of hydrogen-bond acceptors (Lipinski definition) is 8. The topological polar surface area (TPSA) is 71.0 Å². The zero-order valence-corrected chi connectivity index (χ0v) is 17.8. The normalized spacial score (nSPS) is 11.0. The van der Waals surface area contributed by atoms with Crippen LogP contribution in [0.4, 0.5) is 16.0 Å². The molecule has 0 spiro atoms. The standard InChI is InChI=1S/C18H21N5OS3/c1-12(2)9-19-16-21-22-18(27-16)26-11-14-10-25-17(20-14)23(13(3)24)15-7-5-4-6-8-15/h4-8,10,12H,9,11H2,1-3H3,(H,19,21). The van der Waals surface area contributed by atoms with Gasteiger partial charge in [0.05, 0.1) is 11.4 Å². The molecule has 142 valence electrons. The Morgan fingerprint density at radius 2 is 2.04 bits per heavy atom. The van der Waals surface area contributed by atoms with Gasteiger partial charge < -0.3 is 5.32 Å². The minimum absolute atomic E-state index is 0.0558. The summed E-state index contributed by atoms with van der Waals surface area (Å²) in [5.74, 6) is 1.20. The molecular formula is C18H21N5OS3. The van der Waals surface area contributed by atoms with Crippen molar-refractivity contribution in [3.63, 3.8) is 0 Å². The van der Waals surface area contributed by atoms with E-state index in [-0.39, 0.29) is 5.91 Å². The first kappa shape index (κ1) is 19.8. The van der Waals surface area contributed by atoms with E-state index in [4.69, 9.17) is 0 Å². The lowest BCUT2D eigenvalue weighted by atomic mass is 10.2. The van der Waals surface area contributed by atoms with Gasteiger partial charge in [0.25, 0.3) is 0 Å². The molecular weight excluding hydrogens is 398 g/mol. The van der Waals surface area contributed by atoms with Crippen molar-refractivity contribution in [3.05, 3.63) is 41.4 Å². The van der Waals surface area contributed by atoms with Crippen molar-refractivity contribution in [2.45, 2.75) is 30.9 Å². The number of benzene rings is 1.